The molecule has 29 heavy (non-hydrogen) atoms. The van der Waals surface area contributed by atoms with Crippen LogP contribution in [0.25, 0.3) is 16.8 Å². The summed E-state index contributed by atoms with van der Waals surface area (Å²) in [4.78, 5) is 30.1. The monoisotopic (exact) mass is 393 g/mol. The third-order valence-corrected chi connectivity index (χ3v) is 5.18. The molecule has 3 aromatic heterocycles. The number of carbonyl (C=O) groups excluding carboxylic acids is 1. The Balaban J connectivity index is 1.62. The zero-order valence-electron chi connectivity index (χ0n) is 16.3. The number of nitrogens with zero attached hydrogens (tertiary/aromatic N) is 5. The van der Waals surface area contributed by atoms with Gasteiger partial charge in [-0.3, -0.25) is 9.59 Å². The lowest BCUT2D eigenvalue weighted by molar-refractivity contribution is -0.126. The molecule has 4 heterocycles. The molecule has 1 unspecified atom stereocenters. The van der Waals surface area contributed by atoms with E-state index in [0.717, 1.165) is 30.3 Å². The van der Waals surface area contributed by atoms with Crippen LogP contribution in [0.1, 0.15) is 19.3 Å². The molecule has 4 rings (SSSR count). The van der Waals surface area contributed by atoms with Crippen LogP contribution in [-0.2, 0) is 11.8 Å². The standard InChI is InChI=1S/C21H23N5O3/c1-3-19(27)25-11-4-5-16(9-12-25)29-21-18-8-10-22-26(18)14-17(23-21)15-6-7-20(28)24(2)13-15/h3,6-8,10,13-14,16H,1,4-5,9,11-12H2,2H3. The van der Waals surface area contributed by atoms with E-state index in [9.17, 15) is 9.59 Å². The van der Waals surface area contributed by atoms with Crippen molar-refractivity contribution in [1.82, 2.24) is 24.1 Å². The second-order valence-corrected chi connectivity index (χ2v) is 7.16. The molecule has 0 spiro atoms. The maximum Gasteiger partial charge on any atom is 0.250 e. The van der Waals surface area contributed by atoms with Gasteiger partial charge in [0.25, 0.3) is 0 Å². The lowest BCUT2D eigenvalue weighted by Gasteiger charge is -2.19. The molecule has 0 aliphatic carbocycles. The highest BCUT2D eigenvalue weighted by Crippen LogP contribution is 2.26. The molecule has 1 atom stereocenters. The van der Waals surface area contributed by atoms with Crippen LogP contribution in [0.15, 0.2) is 54.2 Å². The number of aryl methyl sites for hydroxylation is 1. The van der Waals surface area contributed by atoms with Crippen LogP contribution in [0.2, 0.25) is 0 Å². The zero-order chi connectivity index (χ0) is 20.4. The molecule has 8 heteroatoms. The summed E-state index contributed by atoms with van der Waals surface area (Å²) in [6.07, 6.45) is 9.01. The van der Waals surface area contributed by atoms with Crippen molar-refractivity contribution in [3.05, 3.63) is 59.8 Å². The minimum Gasteiger partial charge on any atom is -0.473 e. The van der Waals surface area contributed by atoms with Crippen molar-refractivity contribution in [2.24, 2.45) is 7.05 Å². The maximum atomic E-state index is 11.9. The number of hydrogen-bond donors (Lipinski definition) is 0. The molecule has 1 aliphatic rings. The first-order valence-corrected chi connectivity index (χ1v) is 9.64. The van der Waals surface area contributed by atoms with Gasteiger partial charge in [-0.05, 0) is 31.1 Å². The molecular formula is C21H23N5O3. The van der Waals surface area contributed by atoms with Crippen LogP contribution in [0.3, 0.4) is 0 Å². The summed E-state index contributed by atoms with van der Waals surface area (Å²) >= 11 is 0. The fourth-order valence-corrected chi connectivity index (χ4v) is 3.56. The average molecular weight is 393 g/mol. The zero-order valence-corrected chi connectivity index (χ0v) is 16.3. The Kier molecular flexibility index (Phi) is 5.16. The van der Waals surface area contributed by atoms with E-state index in [1.807, 2.05) is 12.3 Å². The van der Waals surface area contributed by atoms with Crippen molar-refractivity contribution >= 4 is 11.4 Å². The molecular weight excluding hydrogens is 370 g/mol. The van der Waals surface area contributed by atoms with Gasteiger partial charge in [-0.25, -0.2) is 9.50 Å². The summed E-state index contributed by atoms with van der Waals surface area (Å²) in [5.74, 6) is 0.459. The molecule has 0 radical (unpaired) electrons. The van der Waals surface area contributed by atoms with Crippen molar-refractivity contribution in [2.75, 3.05) is 13.1 Å². The summed E-state index contributed by atoms with van der Waals surface area (Å²) in [6, 6.07) is 5.12. The highest BCUT2D eigenvalue weighted by molar-refractivity contribution is 5.87. The quantitative estimate of drug-likeness (QED) is 0.634. The van der Waals surface area contributed by atoms with Crippen LogP contribution >= 0.6 is 0 Å². The van der Waals surface area contributed by atoms with Crippen molar-refractivity contribution < 1.29 is 9.53 Å². The number of pyridine rings is 1. The average Bonchev–Trinajstić information content (AvgIpc) is 3.08. The van der Waals surface area contributed by atoms with Gasteiger partial charge in [-0.15, -0.1) is 0 Å². The topological polar surface area (TPSA) is 81.7 Å². The number of rotatable bonds is 4. The SMILES string of the molecule is C=CC(=O)N1CCCC(Oc2nc(-c3ccc(=O)n(C)c3)cn3nccc23)CC1. The predicted octanol–water partition coefficient (Wildman–Crippen LogP) is 2.04. The number of ether oxygens (including phenoxy) is 1. The number of aromatic nitrogens is 4. The second kappa shape index (κ2) is 7.90. The van der Waals surface area contributed by atoms with Crippen molar-refractivity contribution in [3.8, 4) is 17.1 Å². The minimum atomic E-state index is -0.0810. The van der Waals surface area contributed by atoms with Crippen molar-refractivity contribution in [2.45, 2.75) is 25.4 Å². The molecule has 1 fully saturated rings. The number of hydrogen-bond acceptors (Lipinski definition) is 5. The maximum absolute atomic E-state index is 11.9. The van der Waals surface area contributed by atoms with Gasteiger partial charge < -0.3 is 14.2 Å². The van der Waals surface area contributed by atoms with Gasteiger partial charge >= 0.3 is 0 Å². The van der Waals surface area contributed by atoms with Gasteiger partial charge in [0.2, 0.25) is 17.3 Å². The highest BCUT2D eigenvalue weighted by atomic mass is 16.5. The molecule has 0 saturated carbocycles. The summed E-state index contributed by atoms with van der Waals surface area (Å²) < 4.78 is 9.52. The van der Waals surface area contributed by atoms with Gasteiger partial charge in [0.1, 0.15) is 11.6 Å². The minimum absolute atomic E-state index is 0.0424. The summed E-state index contributed by atoms with van der Waals surface area (Å²) in [7, 11) is 1.71. The van der Waals surface area contributed by atoms with E-state index in [2.05, 4.69) is 11.7 Å². The Labute approximate surface area is 168 Å². The van der Waals surface area contributed by atoms with Gasteiger partial charge in [-0.2, -0.15) is 5.10 Å². The van der Waals surface area contributed by atoms with E-state index in [4.69, 9.17) is 9.72 Å². The Bertz CT molecular complexity index is 1120. The normalized spacial score (nSPS) is 17.1. The number of likely N-dealkylation sites (tertiary alicyclic amines) is 1. The predicted molar refractivity (Wildman–Crippen MR) is 109 cm³/mol. The van der Waals surface area contributed by atoms with E-state index in [1.54, 1.807) is 34.9 Å². The fourth-order valence-electron chi connectivity index (χ4n) is 3.56. The van der Waals surface area contributed by atoms with Crippen molar-refractivity contribution in [1.29, 1.82) is 0 Å². The molecule has 8 nitrogen and oxygen atoms in total. The summed E-state index contributed by atoms with van der Waals surface area (Å²) in [5, 5.41) is 4.33. The molecule has 1 amide bonds. The van der Waals surface area contributed by atoms with E-state index in [-0.39, 0.29) is 17.6 Å². The van der Waals surface area contributed by atoms with Gasteiger partial charge in [-0.1, -0.05) is 6.58 Å². The second-order valence-electron chi connectivity index (χ2n) is 7.16. The highest BCUT2D eigenvalue weighted by Gasteiger charge is 2.22. The Morgan fingerprint density at radius 2 is 2.10 bits per heavy atom. The molecule has 0 N–H and O–H groups in total. The third-order valence-electron chi connectivity index (χ3n) is 5.18. The van der Waals surface area contributed by atoms with E-state index in [0.29, 0.717) is 24.7 Å². The van der Waals surface area contributed by atoms with Crippen LogP contribution in [-0.4, -0.2) is 49.2 Å². The van der Waals surface area contributed by atoms with Crippen LogP contribution in [0.5, 0.6) is 5.88 Å². The molecule has 1 saturated heterocycles. The van der Waals surface area contributed by atoms with Gasteiger partial charge in [0.05, 0.1) is 18.1 Å². The van der Waals surface area contributed by atoms with Crippen LogP contribution in [0.4, 0.5) is 0 Å². The molecule has 0 bridgehead atoms. The van der Waals surface area contributed by atoms with E-state index >= 15 is 0 Å². The molecule has 1 aliphatic heterocycles. The Hall–Kier alpha value is -3.42. The van der Waals surface area contributed by atoms with Crippen LogP contribution in [0, 0.1) is 0 Å². The summed E-state index contributed by atoms with van der Waals surface area (Å²) in [6.45, 7) is 4.91. The fraction of sp³-hybridized carbons (Fsp3) is 0.333. The third kappa shape index (κ3) is 3.91. The Morgan fingerprint density at radius 1 is 1.24 bits per heavy atom. The number of carbonyl (C=O) groups is 1. The van der Waals surface area contributed by atoms with Crippen molar-refractivity contribution in [3.63, 3.8) is 0 Å². The lowest BCUT2D eigenvalue weighted by Crippen LogP contribution is -2.30. The van der Waals surface area contributed by atoms with E-state index in [1.165, 1.54) is 16.7 Å². The molecule has 0 aromatic carbocycles. The van der Waals surface area contributed by atoms with Gasteiger partial charge in [0.15, 0.2) is 0 Å². The first-order chi connectivity index (χ1) is 14.0. The first kappa shape index (κ1) is 18.9. The van der Waals surface area contributed by atoms with E-state index < -0.39 is 0 Å². The number of fused-ring (bicyclic) bond motifs is 1. The smallest absolute Gasteiger partial charge is 0.250 e. The number of amides is 1. The first-order valence-electron chi connectivity index (χ1n) is 9.64. The summed E-state index contributed by atoms with van der Waals surface area (Å²) in [5.41, 5.74) is 2.17. The molecule has 150 valence electrons. The molecule has 3 aromatic rings. The van der Waals surface area contributed by atoms with Gasteiger partial charge in [0, 0.05) is 44.4 Å². The lowest BCUT2D eigenvalue weighted by atomic mass is 10.1. The van der Waals surface area contributed by atoms with Crippen LogP contribution < -0.4 is 10.3 Å². The largest absolute Gasteiger partial charge is 0.473 e. The Morgan fingerprint density at radius 3 is 2.90 bits per heavy atom.